The lowest BCUT2D eigenvalue weighted by atomic mass is 10.1. The number of rotatable bonds is 5. The van der Waals surface area contributed by atoms with Gasteiger partial charge in [-0.2, -0.15) is 0 Å². The van der Waals surface area contributed by atoms with Crippen LogP contribution >= 0.6 is 0 Å². The molecular formula is C16H24N2O3. The van der Waals surface area contributed by atoms with E-state index in [9.17, 15) is 4.79 Å². The molecular weight excluding hydrogens is 268 g/mol. The van der Waals surface area contributed by atoms with Gasteiger partial charge in [0, 0.05) is 25.2 Å². The molecule has 0 aliphatic carbocycles. The summed E-state index contributed by atoms with van der Waals surface area (Å²) in [5, 5.41) is 3.30. The average Bonchev–Trinajstić information content (AvgIpc) is 2.78. The highest BCUT2D eigenvalue weighted by Crippen LogP contribution is 2.29. The Hall–Kier alpha value is -1.75. The summed E-state index contributed by atoms with van der Waals surface area (Å²) in [6.45, 7) is 8.33. The molecule has 1 aromatic rings. The van der Waals surface area contributed by atoms with E-state index in [0.717, 1.165) is 32.6 Å². The molecule has 5 heteroatoms. The third kappa shape index (κ3) is 4.11. The van der Waals surface area contributed by atoms with E-state index < -0.39 is 0 Å². The largest absolute Gasteiger partial charge is 0.490 e. The molecule has 1 aliphatic rings. The van der Waals surface area contributed by atoms with E-state index in [1.54, 1.807) is 6.07 Å². The van der Waals surface area contributed by atoms with Crippen molar-refractivity contribution in [3.05, 3.63) is 23.8 Å². The van der Waals surface area contributed by atoms with Crippen LogP contribution in [0.15, 0.2) is 18.2 Å². The summed E-state index contributed by atoms with van der Waals surface area (Å²) >= 11 is 0. The number of carbonyl (C=O) groups excluding carboxylic acids is 1. The second kappa shape index (κ2) is 7.88. The van der Waals surface area contributed by atoms with E-state index in [2.05, 4.69) is 5.32 Å². The van der Waals surface area contributed by atoms with Crippen molar-refractivity contribution in [3.63, 3.8) is 0 Å². The number of hydrogen-bond acceptors (Lipinski definition) is 4. The minimum Gasteiger partial charge on any atom is -0.490 e. The molecule has 2 rings (SSSR count). The van der Waals surface area contributed by atoms with Crippen molar-refractivity contribution >= 4 is 5.91 Å². The second-order valence-corrected chi connectivity index (χ2v) is 4.92. The number of amides is 1. The molecule has 0 unspecified atom stereocenters. The van der Waals surface area contributed by atoms with Gasteiger partial charge in [0.15, 0.2) is 11.5 Å². The van der Waals surface area contributed by atoms with Gasteiger partial charge >= 0.3 is 0 Å². The van der Waals surface area contributed by atoms with Gasteiger partial charge in [-0.05, 0) is 45.0 Å². The number of hydrogen-bond donors (Lipinski definition) is 1. The molecule has 0 bridgehead atoms. The van der Waals surface area contributed by atoms with Gasteiger partial charge in [0.2, 0.25) is 0 Å². The molecule has 0 radical (unpaired) electrons. The van der Waals surface area contributed by atoms with Crippen LogP contribution in [0.3, 0.4) is 0 Å². The SMILES string of the molecule is CCOc1ccc(C(=O)N2CCCNCC2)cc1OCC. The Morgan fingerprint density at radius 3 is 2.67 bits per heavy atom. The fraction of sp³-hybridized carbons (Fsp3) is 0.562. The number of nitrogens with zero attached hydrogens (tertiary/aromatic N) is 1. The third-order valence-electron chi connectivity index (χ3n) is 3.42. The fourth-order valence-corrected chi connectivity index (χ4v) is 2.42. The summed E-state index contributed by atoms with van der Waals surface area (Å²) in [5.74, 6) is 1.38. The van der Waals surface area contributed by atoms with Crippen LogP contribution in [0.5, 0.6) is 11.5 Å². The first kappa shape index (κ1) is 15.6. The van der Waals surface area contributed by atoms with Crippen molar-refractivity contribution in [2.24, 2.45) is 0 Å². The maximum Gasteiger partial charge on any atom is 0.254 e. The van der Waals surface area contributed by atoms with Crippen molar-refractivity contribution in [2.45, 2.75) is 20.3 Å². The van der Waals surface area contributed by atoms with Crippen molar-refractivity contribution < 1.29 is 14.3 Å². The maximum absolute atomic E-state index is 12.6. The van der Waals surface area contributed by atoms with E-state index in [-0.39, 0.29) is 5.91 Å². The fourth-order valence-electron chi connectivity index (χ4n) is 2.42. The smallest absolute Gasteiger partial charge is 0.254 e. The lowest BCUT2D eigenvalue weighted by Crippen LogP contribution is -2.34. The first-order valence-electron chi connectivity index (χ1n) is 7.66. The summed E-state index contributed by atoms with van der Waals surface area (Å²) in [5.41, 5.74) is 0.656. The summed E-state index contributed by atoms with van der Waals surface area (Å²) in [6, 6.07) is 5.42. The molecule has 0 spiro atoms. The summed E-state index contributed by atoms with van der Waals surface area (Å²) in [6.07, 6.45) is 0.987. The van der Waals surface area contributed by atoms with E-state index in [0.29, 0.717) is 30.3 Å². The molecule has 0 saturated carbocycles. The molecule has 1 heterocycles. The molecule has 1 fully saturated rings. The first-order chi connectivity index (χ1) is 10.3. The van der Waals surface area contributed by atoms with Gasteiger partial charge in [-0.1, -0.05) is 0 Å². The molecule has 5 nitrogen and oxygen atoms in total. The standard InChI is InChI=1S/C16H24N2O3/c1-3-20-14-7-6-13(12-15(14)21-4-2)16(19)18-10-5-8-17-9-11-18/h6-7,12,17H,3-5,8-11H2,1-2H3. The zero-order chi connectivity index (χ0) is 15.1. The highest BCUT2D eigenvalue weighted by molar-refractivity contribution is 5.95. The van der Waals surface area contributed by atoms with Gasteiger partial charge in [0.05, 0.1) is 13.2 Å². The first-order valence-corrected chi connectivity index (χ1v) is 7.66. The third-order valence-corrected chi connectivity index (χ3v) is 3.42. The van der Waals surface area contributed by atoms with Crippen molar-refractivity contribution in [3.8, 4) is 11.5 Å². The number of benzene rings is 1. The van der Waals surface area contributed by atoms with Crippen molar-refractivity contribution in [2.75, 3.05) is 39.4 Å². The Bertz CT molecular complexity index is 469. The number of nitrogens with one attached hydrogen (secondary N) is 1. The lowest BCUT2D eigenvalue weighted by molar-refractivity contribution is 0.0766. The Morgan fingerprint density at radius 2 is 1.90 bits per heavy atom. The second-order valence-electron chi connectivity index (χ2n) is 4.92. The average molecular weight is 292 g/mol. The van der Waals surface area contributed by atoms with Gasteiger partial charge in [0.25, 0.3) is 5.91 Å². The predicted octanol–water partition coefficient (Wildman–Crippen LogP) is 1.92. The molecule has 21 heavy (non-hydrogen) atoms. The Labute approximate surface area is 126 Å². The van der Waals surface area contributed by atoms with Gasteiger partial charge in [0.1, 0.15) is 0 Å². The maximum atomic E-state index is 12.6. The van der Waals surface area contributed by atoms with Crippen molar-refractivity contribution in [1.29, 1.82) is 0 Å². The summed E-state index contributed by atoms with van der Waals surface area (Å²) < 4.78 is 11.1. The minimum absolute atomic E-state index is 0.0581. The summed E-state index contributed by atoms with van der Waals surface area (Å²) in [4.78, 5) is 14.5. The topological polar surface area (TPSA) is 50.8 Å². The van der Waals surface area contributed by atoms with Gasteiger partial charge in [-0.3, -0.25) is 4.79 Å². The molecule has 1 aromatic carbocycles. The van der Waals surface area contributed by atoms with E-state index in [4.69, 9.17) is 9.47 Å². The zero-order valence-electron chi connectivity index (χ0n) is 12.9. The van der Waals surface area contributed by atoms with Crippen LogP contribution < -0.4 is 14.8 Å². The number of ether oxygens (including phenoxy) is 2. The molecule has 116 valence electrons. The zero-order valence-corrected chi connectivity index (χ0v) is 12.9. The Morgan fingerprint density at radius 1 is 1.14 bits per heavy atom. The van der Waals surface area contributed by atoms with Crippen molar-refractivity contribution in [1.82, 2.24) is 10.2 Å². The lowest BCUT2D eigenvalue weighted by Gasteiger charge is -2.20. The van der Waals surface area contributed by atoms with Gasteiger partial charge in [-0.25, -0.2) is 0 Å². The molecule has 1 amide bonds. The van der Waals surface area contributed by atoms with Gasteiger partial charge < -0.3 is 19.7 Å². The Balaban J connectivity index is 2.17. The molecule has 1 aliphatic heterocycles. The van der Waals surface area contributed by atoms with Crippen LogP contribution in [0.4, 0.5) is 0 Å². The normalized spacial score (nSPS) is 15.4. The van der Waals surface area contributed by atoms with Gasteiger partial charge in [-0.15, -0.1) is 0 Å². The Kier molecular flexibility index (Phi) is 5.87. The molecule has 0 aromatic heterocycles. The van der Waals surface area contributed by atoms with Crippen LogP contribution in [0.1, 0.15) is 30.6 Å². The highest BCUT2D eigenvalue weighted by Gasteiger charge is 2.18. The quantitative estimate of drug-likeness (QED) is 0.901. The molecule has 1 N–H and O–H groups in total. The van der Waals surface area contributed by atoms with Crippen LogP contribution in [0.2, 0.25) is 0 Å². The summed E-state index contributed by atoms with van der Waals surface area (Å²) in [7, 11) is 0. The minimum atomic E-state index is 0.0581. The highest BCUT2D eigenvalue weighted by atomic mass is 16.5. The van der Waals surface area contributed by atoms with Crippen LogP contribution in [0, 0.1) is 0 Å². The van der Waals surface area contributed by atoms with Crippen LogP contribution in [0.25, 0.3) is 0 Å². The van der Waals surface area contributed by atoms with Crippen LogP contribution in [-0.2, 0) is 0 Å². The van der Waals surface area contributed by atoms with E-state index >= 15 is 0 Å². The molecule has 0 atom stereocenters. The van der Waals surface area contributed by atoms with Crippen LogP contribution in [-0.4, -0.2) is 50.2 Å². The monoisotopic (exact) mass is 292 g/mol. The predicted molar refractivity (Wildman–Crippen MR) is 82.2 cm³/mol. The van der Waals surface area contributed by atoms with E-state index in [1.165, 1.54) is 0 Å². The van der Waals surface area contributed by atoms with E-state index in [1.807, 2.05) is 30.9 Å². The number of carbonyl (C=O) groups is 1. The molecule has 1 saturated heterocycles.